The fraction of sp³-hybridized carbons (Fsp3) is 0.0385. The number of nitrogens with zero attached hydrogens (tertiary/aromatic N) is 1. The Labute approximate surface area is 187 Å². The number of fused-ring (bicyclic) bond motifs is 2. The van der Waals surface area contributed by atoms with Gasteiger partial charge in [-0.3, -0.25) is 0 Å². The fourth-order valence-corrected chi connectivity index (χ4v) is 4.00. The van der Waals surface area contributed by atoms with Crippen molar-refractivity contribution in [1.29, 1.82) is 0 Å². The number of benzene rings is 4. The topological polar surface area (TPSA) is 96.1 Å². The molecule has 6 heteroatoms. The molecule has 32 heavy (non-hydrogen) atoms. The van der Waals surface area contributed by atoms with Gasteiger partial charge in [-0.2, -0.15) is 4.57 Å². The predicted molar refractivity (Wildman–Crippen MR) is 114 cm³/mol. The molecule has 5 rings (SSSR count). The van der Waals surface area contributed by atoms with E-state index in [0.717, 1.165) is 0 Å². The first-order valence-corrected chi connectivity index (χ1v) is 11.1. The Bertz CT molecular complexity index is 1370. The molecule has 0 amide bonds. The molecule has 1 aromatic heterocycles. The third-order valence-corrected chi connectivity index (χ3v) is 5.35. The van der Waals surface area contributed by atoms with E-state index >= 15 is 0 Å². The molecule has 0 saturated carbocycles. The molecule has 0 bridgehead atoms. The van der Waals surface area contributed by atoms with Gasteiger partial charge in [0, 0.05) is 23.3 Å². The molecule has 0 spiro atoms. The molecule has 5 nitrogen and oxygen atoms in total. The Morgan fingerprint density at radius 3 is 1.88 bits per heavy atom. The highest BCUT2D eigenvalue weighted by Crippen LogP contribution is 2.35. The van der Waals surface area contributed by atoms with Crippen LogP contribution in [0.25, 0.3) is 44.1 Å². The highest BCUT2D eigenvalue weighted by molar-refractivity contribution is 6.04. The molecular weight excluding hydrogens is 426 g/mol. The Morgan fingerprint density at radius 1 is 0.594 bits per heavy atom. The molecule has 160 valence electrons. The summed E-state index contributed by atoms with van der Waals surface area (Å²) in [5.41, 5.74) is 6.24. The van der Waals surface area contributed by atoms with E-state index in [2.05, 4.69) is 115 Å². The van der Waals surface area contributed by atoms with Crippen molar-refractivity contribution in [2.75, 3.05) is 0 Å². The molecule has 0 N–H and O–H groups in total. The highest BCUT2D eigenvalue weighted by Gasteiger charge is 2.19. The lowest BCUT2D eigenvalue weighted by Gasteiger charge is -2.17. The summed E-state index contributed by atoms with van der Waals surface area (Å²) in [6, 6.07) is 36.8. The van der Waals surface area contributed by atoms with Gasteiger partial charge in [0.15, 0.2) is 0 Å². The number of halogens is 1. The quantitative estimate of drug-likeness (QED) is 0.384. The number of pyridine rings is 1. The lowest BCUT2D eigenvalue weighted by molar-refractivity contribution is -2.00. The van der Waals surface area contributed by atoms with Crippen LogP contribution in [0.3, 0.4) is 0 Å². The average Bonchev–Trinajstić information content (AvgIpc) is 2.79. The van der Waals surface area contributed by atoms with Crippen molar-refractivity contribution >= 4 is 21.7 Å². The minimum Gasteiger partial charge on any atom is -0.222 e. The average molecular weight is 446 g/mol. The smallest absolute Gasteiger partial charge is 0.213 e. The van der Waals surface area contributed by atoms with Crippen LogP contribution in [0.4, 0.5) is 0 Å². The van der Waals surface area contributed by atoms with Crippen LogP contribution in [0.2, 0.25) is 0 Å². The first kappa shape index (κ1) is 21.9. The predicted octanol–water partition coefficient (Wildman–Crippen LogP) is 1.40. The van der Waals surface area contributed by atoms with Gasteiger partial charge < -0.3 is 0 Å². The maximum atomic E-state index is 8.49. The van der Waals surface area contributed by atoms with E-state index in [1.807, 2.05) is 0 Å². The van der Waals surface area contributed by atoms with Crippen molar-refractivity contribution in [1.82, 2.24) is 0 Å². The van der Waals surface area contributed by atoms with Gasteiger partial charge in [0.1, 0.15) is 7.05 Å². The van der Waals surface area contributed by atoms with E-state index in [1.165, 1.54) is 44.1 Å². The Morgan fingerprint density at radius 2 is 1.16 bits per heavy atom. The summed E-state index contributed by atoms with van der Waals surface area (Å²) in [5.74, 6) is 0. The first-order chi connectivity index (χ1) is 15.3. The highest BCUT2D eigenvalue weighted by atomic mass is 35.7. The summed E-state index contributed by atoms with van der Waals surface area (Å²) in [6.07, 6.45) is 0. The number of aryl methyl sites for hydroxylation is 1. The zero-order valence-electron chi connectivity index (χ0n) is 17.3. The number of aromatic nitrogens is 1. The minimum atomic E-state index is -4.94. The SMILES string of the molecule is C[n+]1c(-c2ccccc2)cc(-c2cccc3ccccc23)c2ccccc21.[O-][Cl+3]([O-])([O-])[O-]. The van der Waals surface area contributed by atoms with Crippen LogP contribution in [0.15, 0.2) is 103 Å². The van der Waals surface area contributed by atoms with Crippen LogP contribution in [-0.2, 0) is 7.05 Å². The summed E-state index contributed by atoms with van der Waals surface area (Å²) >= 11 is 0. The summed E-state index contributed by atoms with van der Waals surface area (Å²) < 4.78 is 36.3. The largest absolute Gasteiger partial charge is 0.222 e. The van der Waals surface area contributed by atoms with Crippen molar-refractivity contribution in [3.63, 3.8) is 0 Å². The normalized spacial score (nSPS) is 11.3. The van der Waals surface area contributed by atoms with Gasteiger partial charge in [0.05, 0.1) is 5.39 Å². The fourth-order valence-electron chi connectivity index (χ4n) is 4.00. The first-order valence-electron chi connectivity index (χ1n) is 9.90. The van der Waals surface area contributed by atoms with E-state index in [4.69, 9.17) is 18.6 Å². The molecule has 0 aliphatic heterocycles. The lowest BCUT2D eigenvalue weighted by atomic mass is 9.94. The molecule has 4 aromatic carbocycles. The van der Waals surface area contributed by atoms with Crippen molar-refractivity contribution in [3.05, 3.63) is 103 Å². The molecule has 0 fully saturated rings. The van der Waals surface area contributed by atoms with E-state index in [-0.39, 0.29) is 0 Å². The van der Waals surface area contributed by atoms with E-state index in [9.17, 15) is 0 Å². The molecule has 0 unspecified atom stereocenters. The van der Waals surface area contributed by atoms with Gasteiger partial charge in [-0.05, 0) is 34.5 Å². The molecule has 0 aliphatic carbocycles. The molecular formula is C26H20ClNO4. The second kappa shape index (κ2) is 9.04. The molecule has 0 saturated heterocycles. The molecule has 0 aliphatic rings. The van der Waals surface area contributed by atoms with Crippen LogP contribution in [-0.4, -0.2) is 0 Å². The standard InChI is InChI=1S/C26H20N.ClHO4/c1-27-25-17-8-7-15-23(25)24(18-26(27)20-11-3-2-4-12-20)22-16-9-13-19-10-5-6-14-21(19)22;2-1(3,4)5/h2-18H,1H3;(H,2,3,4,5)/q+1;/p-1. The monoisotopic (exact) mass is 445 g/mol. The lowest BCUT2D eigenvalue weighted by Crippen LogP contribution is -2.68. The van der Waals surface area contributed by atoms with Crippen molar-refractivity contribution in [2.45, 2.75) is 0 Å². The Balaban J connectivity index is 0.000000444. The van der Waals surface area contributed by atoms with Gasteiger partial charge >= 0.3 is 0 Å². The van der Waals surface area contributed by atoms with Crippen LogP contribution in [0.5, 0.6) is 0 Å². The van der Waals surface area contributed by atoms with Crippen molar-refractivity contribution in [2.24, 2.45) is 7.05 Å². The zero-order valence-corrected chi connectivity index (χ0v) is 18.0. The van der Waals surface area contributed by atoms with Crippen molar-refractivity contribution < 1.29 is 33.4 Å². The van der Waals surface area contributed by atoms with Gasteiger partial charge in [-0.15, -0.1) is 10.2 Å². The molecule has 0 radical (unpaired) electrons. The van der Waals surface area contributed by atoms with Gasteiger partial charge in [-0.25, -0.2) is 18.6 Å². The molecule has 1 heterocycles. The summed E-state index contributed by atoms with van der Waals surface area (Å²) in [4.78, 5) is 0. The van der Waals surface area contributed by atoms with E-state index in [0.29, 0.717) is 0 Å². The minimum absolute atomic E-state index is 1.22. The maximum Gasteiger partial charge on any atom is 0.213 e. The molecule has 0 atom stereocenters. The van der Waals surface area contributed by atoms with Crippen LogP contribution in [0, 0.1) is 10.2 Å². The van der Waals surface area contributed by atoms with Gasteiger partial charge in [0.2, 0.25) is 11.2 Å². The Kier molecular flexibility index (Phi) is 6.19. The van der Waals surface area contributed by atoms with Gasteiger partial charge in [0.25, 0.3) is 0 Å². The number of para-hydroxylation sites is 1. The number of rotatable bonds is 2. The van der Waals surface area contributed by atoms with E-state index in [1.54, 1.807) is 0 Å². The van der Waals surface area contributed by atoms with Crippen LogP contribution < -0.4 is 23.2 Å². The second-order valence-electron chi connectivity index (χ2n) is 7.29. The van der Waals surface area contributed by atoms with Crippen LogP contribution in [0.1, 0.15) is 0 Å². The Hall–Kier alpha value is -3.32. The maximum absolute atomic E-state index is 8.49. The van der Waals surface area contributed by atoms with Crippen LogP contribution >= 0.6 is 0 Å². The summed E-state index contributed by atoms with van der Waals surface area (Å²) in [7, 11) is -2.79. The van der Waals surface area contributed by atoms with E-state index < -0.39 is 10.2 Å². The zero-order chi connectivity index (χ0) is 22.7. The summed E-state index contributed by atoms with van der Waals surface area (Å²) in [6.45, 7) is 0. The number of hydrogen-bond donors (Lipinski definition) is 0. The van der Waals surface area contributed by atoms with Crippen molar-refractivity contribution in [3.8, 4) is 22.4 Å². The third-order valence-electron chi connectivity index (χ3n) is 5.35. The molecule has 5 aromatic rings. The summed E-state index contributed by atoms with van der Waals surface area (Å²) in [5, 5.41) is 3.84. The third kappa shape index (κ3) is 4.78. The second-order valence-corrected chi connectivity index (χ2v) is 8.05. The van der Waals surface area contributed by atoms with Gasteiger partial charge in [-0.1, -0.05) is 72.8 Å². The number of hydrogen-bond acceptors (Lipinski definition) is 4.